The highest BCUT2D eigenvalue weighted by molar-refractivity contribution is 7.92. The highest BCUT2D eigenvalue weighted by Gasteiger charge is 2.18. The maximum atomic E-state index is 12.8. The second-order valence-electron chi connectivity index (χ2n) is 7.12. The maximum Gasteiger partial charge on any atom is 0.229 e. The summed E-state index contributed by atoms with van der Waals surface area (Å²) in [6.07, 6.45) is 1.13. The molecule has 2 aromatic carbocycles. The largest absolute Gasteiger partial charge is 0.344 e. The third kappa shape index (κ3) is 4.34. The Morgan fingerprint density at radius 2 is 1.57 bits per heavy atom. The maximum absolute atomic E-state index is 12.8. The first kappa shape index (κ1) is 19.9. The summed E-state index contributed by atoms with van der Waals surface area (Å²) in [6, 6.07) is 18.7. The van der Waals surface area contributed by atoms with Gasteiger partial charge in [-0.25, -0.2) is 8.42 Å². The van der Waals surface area contributed by atoms with Crippen molar-refractivity contribution in [3.8, 4) is 0 Å². The summed E-state index contributed by atoms with van der Waals surface area (Å²) in [5, 5.41) is 0. The van der Waals surface area contributed by atoms with Crippen LogP contribution < -0.4 is 4.72 Å². The van der Waals surface area contributed by atoms with E-state index in [1.807, 2.05) is 67.1 Å². The zero-order valence-corrected chi connectivity index (χ0v) is 17.2. The topological polar surface area (TPSA) is 68.2 Å². The standard InChI is InChI=1S/C22H24N2O3S/c1-15-5-7-18(8-6-15)22(25)21-14-13-20(24(21)3)16(2)17-9-11-19(12-10-17)23-28(4,26)27/h5-14,16,23H,1-4H3. The van der Waals surface area contributed by atoms with Crippen LogP contribution >= 0.6 is 0 Å². The van der Waals surface area contributed by atoms with Crippen molar-refractivity contribution in [2.24, 2.45) is 7.05 Å². The molecule has 0 amide bonds. The van der Waals surface area contributed by atoms with Gasteiger partial charge in [0.1, 0.15) is 0 Å². The molecule has 1 unspecified atom stereocenters. The van der Waals surface area contributed by atoms with Crippen LogP contribution in [0.15, 0.2) is 60.7 Å². The molecule has 0 aliphatic carbocycles. The van der Waals surface area contributed by atoms with Gasteiger partial charge in [0.15, 0.2) is 0 Å². The number of rotatable bonds is 6. The van der Waals surface area contributed by atoms with Crippen LogP contribution in [0.5, 0.6) is 0 Å². The molecular formula is C22H24N2O3S. The second kappa shape index (κ2) is 7.64. The van der Waals surface area contributed by atoms with E-state index in [0.29, 0.717) is 16.9 Å². The third-order valence-corrected chi connectivity index (χ3v) is 5.47. The molecular weight excluding hydrogens is 372 g/mol. The lowest BCUT2D eigenvalue weighted by atomic mass is 9.97. The van der Waals surface area contributed by atoms with Crippen molar-refractivity contribution < 1.29 is 13.2 Å². The average Bonchev–Trinajstić information content (AvgIpc) is 3.02. The fourth-order valence-electron chi connectivity index (χ4n) is 3.27. The Balaban J connectivity index is 1.84. The number of anilines is 1. The SMILES string of the molecule is Cc1ccc(C(=O)c2ccc(C(C)c3ccc(NS(C)(=O)=O)cc3)n2C)cc1. The van der Waals surface area contributed by atoms with Crippen molar-refractivity contribution in [1.82, 2.24) is 4.57 Å². The highest BCUT2D eigenvalue weighted by Crippen LogP contribution is 2.27. The summed E-state index contributed by atoms with van der Waals surface area (Å²) in [7, 11) is -1.40. The minimum Gasteiger partial charge on any atom is -0.344 e. The van der Waals surface area contributed by atoms with Crippen LogP contribution in [0.1, 0.15) is 45.7 Å². The fraction of sp³-hybridized carbons (Fsp3) is 0.227. The van der Waals surface area contributed by atoms with Gasteiger partial charge >= 0.3 is 0 Å². The molecule has 0 fully saturated rings. The number of carbonyl (C=O) groups is 1. The first-order valence-corrected chi connectivity index (χ1v) is 10.9. The van der Waals surface area contributed by atoms with E-state index in [9.17, 15) is 13.2 Å². The number of ketones is 1. The third-order valence-electron chi connectivity index (χ3n) is 4.86. The normalized spacial score (nSPS) is 12.6. The van der Waals surface area contributed by atoms with Gasteiger partial charge in [0, 0.05) is 29.9 Å². The smallest absolute Gasteiger partial charge is 0.229 e. The molecule has 146 valence electrons. The summed E-state index contributed by atoms with van der Waals surface area (Å²) in [4.78, 5) is 12.8. The van der Waals surface area contributed by atoms with E-state index in [1.165, 1.54) is 0 Å². The Labute approximate surface area is 166 Å². The van der Waals surface area contributed by atoms with Gasteiger partial charge in [-0.05, 0) is 36.8 Å². The predicted molar refractivity (Wildman–Crippen MR) is 112 cm³/mol. The zero-order valence-electron chi connectivity index (χ0n) is 16.4. The first-order chi connectivity index (χ1) is 13.2. The molecule has 0 bridgehead atoms. The molecule has 1 N–H and O–H groups in total. The fourth-order valence-corrected chi connectivity index (χ4v) is 3.83. The molecule has 0 saturated heterocycles. The van der Waals surface area contributed by atoms with Crippen molar-refractivity contribution in [3.63, 3.8) is 0 Å². The second-order valence-corrected chi connectivity index (χ2v) is 8.86. The van der Waals surface area contributed by atoms with Crippen molar-refractivity contribution >= 4 is 21.5 Å². The van der Waals surface area contributed by atoms with Gasteiger partial charge in [0.05, 0.1) is 11.9 Å². The molecule has 1 heterocycles. The van der Waals surface area contributed by atoms with Gasteiger partial charge in [-0.2, -0.15) is 0 Å². The van der Waals surface area contributed by atoms with Crippen LogP contribution in [-0.4, -0.2) is 25.0 Å². The van der Waals surface area contributed by atoms with Crippen molar-refractivity contribution in [1.29, 1.82) is 0 Å². The van der Waals surface area contributed by atoms with Crippen molar-refractivity contribution in [2.75, 3.05) is 11.0 Å². The van der Waals surface area contributed by atoms with Gasteiger partial charge in [-0.3, -0.25) is 9.52 Å². The molecule has 6 heteroatoms. The Kier molecular flexibility index (Phi) is 5.42. The van der Waals surface area contributed by atoms with Gasteiger partial charge in [0.25, 0.3) is 0 Å². The van der Waals surface area contributed by atoms with Crippen molar-refractivity contribution in [2.45, 2.75) is 19.8 Å². The Morgan fingerprint density at radius 1 is 0.964 bits per heavy atom. The lowest BCUT2D eigenvalue weighted by Gasteiger charge is -2.15. The summed E-state index contributed by atoms with van der Waals surface area (Å²) in [5.74, 6) is 0.0468. The van der Waals surface area contributed by atoms with Crippen LogP contribution in [-0.2, 0) is 17.1 Å². The number of benzene rings is 2. The van der Waals surface area contributed by atoms with Crippen LogP contribution in [0.25, 0.3) is 0 Å². The van der Waals surface area contributed by atoms with E-state index < -0.39 is 10.0 Å². The van der Waals surface area contributed by atoms with Crippen LogP contribution in [0.4, 0.5) is 5.69 Å². The molecule has 0 aliphatic rings. The molecule has 0 spiro atoms. The summed E-state index contributed by atoms with van der Waals surface area (Å²) < 4.78 is 27.1. The molecule has 1 aromatic heterocycles. The molecule has 0 aliphatic heterocycles. The van der Waals surface area contributed by atoms with E-state index in [1.54, 1.807) is 12.1 Å². The van der Waals surface area contributed by atoms with Crippen molar-refractivity contribution in [3.05, 3.63) is 88.7 Å². The quantitative estimate of drug-likeness (QED) is 0.638. The average molecular weight is 397 g/mol. The van der Waals surface area contributed by atoms with Gasteiger partial charge < -0.3 is 4.57 Å². The molecule has 0 radical (unpaired) electrons. The lowest BCUT2D eigenvalue weighted by Crippen LogP contribution is -2.11. The van der Waals surface area contributed by atoms with Crippen LogP contribution in [0.2, 0.25) is 0 Å². The minimum atomic E-state index is -3.30. The predicted octanol–water partition coefficient (Wildman–Crippen LogP) is 4.09. The van der Waals surface area contributed by atoms with E-state index >= 15 is 0 Å². The number of nitrogens with one attached hydrogen (secondary N) is 1. The number of hydrogen-bond donors (Lipinski definition) is 1. The molecule has 1 atom stereocenters. The number of aryl methyl sites for hydroxylation is 1. The molecule has 3 aromatic rings. The van der Waals surface area contributed by atoms with E-state index in [-0.39, 0.29) is 11.7 Å². The Bertz CT molecular complexity index is 1100. The summed E-state index contributed by atoms with van der Waals surface area (Å²) >= 11 is 0. The van der Waals surface area contributed by atoms with E-state index in [4.69, 9.17) is 0 Å². The van der Waals surface area contributed by atoms with Gasteiger partial charge in [-0.1, -0.05) is 48.9 Å². The first-order valence-electron chi connectivity index (χ1n) is 9.00. The molecule has 3 rings (SSSR count). The van der Waals surface area contributed by atoms with E-state index in [2.05, 4.69) is 11.6 Å². The Morgan fingerprint density at radius 3 is 2.14 bits per heavy atom. The summed E-state index contributed by atoms with van der Waals surface area (Å²) in [6.45, 7) is 4.06. The van der Waals surface area contributed by atoms with Crippen LogP contribution in [0, 0.1) is 6.92 Å². The molecule has 5 nitrogen and oxygen atoms in total. The highest BCUT2D eigenvalue weighted by atomic mass is 32.2. The zero-order chi connectivity index (χ0) is 20.5. The molecule has 0 saturated carbocycles. The minimum absolute atomic E-state index is 0.00588. The summed E-state index contributed by atoms with van der Waals surface area (Å²) in [5.41, 5.74) is 5.00. The van der Waals surface area contributed by atoms with Crippen LogP contribution in [0.3, 0.4) is 0 Å². The van der Waals surface area contributed by atoms with Gasteiger partial charge in [0.2, 0.25) is 15.8 Å². The molecule has 28 heavy (non-hydrogen) atoms. The monoisotopic (exact) mass is 396 g/mol. The van der Waals surface area contributed by atoms with E-state index in [0.717, 1.165) is 23.1 Å². The number of sulfonamides is 1. The number of aromatic nitrogens is 1. The number of nitrogens with zero attached hydrogens (tertiary/aromatic N) is 1. The number of hydrogen-bond acceptors (Lipinski definition) is 3. The number of carbonyl (C=O) groups excluding carboxylic acids is 1. The lowest BCUT2D eigenvalue weighted by molar-refractivity contribution is 0.103. The van der Waals surface area contributed by atoms with Gasteiger partial charge in [-0.15, -0.1) is 0 Å². The Hall–Kier alpha value is -2.86.